The predicted molar refractivity (Wildman–Crippen MR) is 108 cm³/mol. The van der Waals surface area contributed by atoms with E-state index in [-0.39, 0.29) is 29.6 Å². The number of hydrogen-bond donors (Lipinski definition) is 0. The Bertz CT molecular complexity index is 1030. The lowest BCUT2D eigenvalue weighted by Gasteiger charge is -2.35. The maximum absolute atomic E-state index is 14.5. The first-order chi connectivity index (χ1) is 13.8. The van der Waals surface area contributed by atoms with Crippen molar-refractivity contribution in [2.75, 3.05) is 34.4 Å². The van der Waals surface area contributed by atoms with Crippen LogP contribution in [0.5, 0.6) is 0 Å². The Kier molecular flexibility index (Phi) is 5.29. The number of hydrogen-bond acceptors (Lipinski definition) is 4. The van der Waals surface area contributed by atoms with Crippen LogP contribution in [0.15, 0.2) is 42.5 Å². The smallest absolute Gasteiger partial charge is 0.246 e. The summed E-state index contributed by atoms with van der Waals surface area (Å²) in [4.78, 5) is 16.5. The van der Waals surface area contributed by atoms with Crippen molar-refractivity contribution in [3.05, 3.63) is 59.7 Å². The van der Waals surface area contributed by atoms with Crippen molar-refractivity contribution < 1.29 is 22.0 Å². The molecule has 2 heterocycles. The molecule has 2 aromatic rings. The highest BCUT2D eigenvalue weighted by Crippen LogP contribution is 2.32. The first kappa shape index (κ1) is 19.8. The molecule has 1 fully saturated rings. The lowest BCUT2D eigenvalue weighted by molar-refractivity contribution is -0.117. The van der Waals surface area contributed by atoms with Gasteiger partial charge >= 0.3 is 0 Å². The molecule has 0 spiro atoms. The maximum Gasteiger partial charge on any atom is 0.246 e. The summed E-state index contributed by atoms with van der Waals surface area (Å²) in [6, 6.07) is 10.6. The zero-order chi connectivity index (χ0) is 20.6. The highest BCUT2D eigenvalue weighted by Gasteiger charge is 2.36. The summed E-state index contributed by atoms with van der Waals surface area (Å²) < 4.78 is 52.0. The second-order valence-electron chi connectivity index (χ2n) is 7.58. The molecule has 1 atom stereocenters. The lowest BCUT2D eigenvalue weighted by atomic mass is 10.0. The first-order valence-electron chi connectivity index (χ1n) is 9.64. The summed E-state index contributed by atoms with van der Waals surface area (Å²) in [6.07, 6.45) is 1.61. The van der Waals surface area contributed by atoms with E-state index in [2.05, 4.69) is 0 Å². The van der Waals surface area contributed by atoms with Crippen molar-refractivity contribution in [2.24, 2.45) is 0 Å². The fourth-order valence-electron chi connectivity index (χ4n) is 4.26. The summed E-state index contributed by atoms with van der Waals surface area (Å²) >= 11 is 0. The maximum atomic E-state index is 14.5. The summed E-state index contributed by atoms with van der Waals surface area (Å²) in [6.45, 7) is 0.383. The average molecular weight is 420 g/mol. The van der Waals surface area contributed by atoms with Gasteiger partial charge in [0.05, 0.1) is 29.8 Å². The van der Waals surface area contributed by atoms with Crippen LogP contribution in [0, 0.1) is 11.6 Å². The van der Waals surface area contributed by atoms with E-state index in [4.69, 9.17) is 0 Å². The summed E-state index contributed by atoms with van der Waals surface area (Å²) in [5.41, 5.74) is 1.44. The molecule has 0 aromatic heterocycles. The molecule has 5 nitrogen and oxygen atoms in total. The zero-order valence-electron chi connectivity index (χ0n) is 15.9. The van der Waals surface area contributed by atoms with E-state index in [0.717, 1.165) is 6.07 Å². The number of rotatable bonds is 4. The molecule has 154 valence electrons. The van der Waals surface area contributed by atoms with E-state index >= 15 is 0 Å². The number of halogens is 2. The Labute approximate surface area is 168 Å². The SMILES string of the molecule is O=C(CN1CCCc2cc(F)cc(F)c21)N(c1ccccc1)C1CCS(=O)(=O)C1. The minimum absolute atomic E-state index is 0.0503. The fourth-order valence-corrected chi connectivity index (χ4v) is 5.96. The Balaban J connectivity index is 1.63. The van der Waals surface area contributed by atoms with Crippen LogP contribution in [-0.4, -0.2) is 45.0 Å². The summed E-state index contributed by atoms with van der Waals surface area (Å²) in [7, 11) is -3.18. The first-order valence-corrected chi connectivity index (χ1v) is 11.5. The van der Waals surface area contributed by atoms with Gasteiger partial charge in [0.1, 0.15) is 11.6 Å². The van der Waals surface area contributed by atoms with Gasteiger partial charge < -0.3 is 9.80 Å². The molecular weight excluding hydrogens is 398 g/mol. The topological polar surface area (TPSA) is 57.7 Å². The standard InChI is InChI=1S/C21H22F2N2O3S/c22-16-11-15-5-4-9-24(21(15)19(23)12-16)13-20(26)25(17-6-2-1-3-7-17)18-8-10-29(27,28)14-18/h1-3,6-7,11-12,18H,4-5,8-10,13-14H2. The molecule has 2 aromatic carbocycles. The normalized spacial score (nSPS) is 20.3. The van der Waals surface area contributed by atoms with Crippen LogP contribution in [0.4, 0.5) is 20.2 Å². The van der Waals surface area contributed by atoms with E-state index in [1.807, 2.05) is 6.07 Å². The van der Waals surface area contributed by atoms with Gasteiger partial charge in [0.25, 0.3) is 0 Å². The third-order valence-corrected chi connectivity index (χ3v) is 7.25. The molecule has 4 rings (SSSR count). The van der Waals surface area contributed by atoms with Crippen LogP contribution in [-0.2, 0) is 21.1 Å². The van der Waals surface area contributed by atoms with E-state index in [1.165, 1.54) is 11.0 Å². The van der Waals surface area contributed by atoms with Gasteiger partial charge in [-0.25, -0.2) is 17.2 Å². The van der Waals surface area contributed by atoms with Gasteiger partial charge in [-0.3, -0.25) is 4.79 Å². The molecule has 1 saturated heterocycles. The second-order valence-corrected chi connectivity index (χ2v) is 9.81. The molecular formula is C21H22F2N2O3S. The Hall–Kier alpha value is -2.48. The monoisotopic (exact) mass is 420 g/mol. The molecule has 0 saturated carbocycles. The van der Waals surface area contributed by atoms with Crippen LogP contribution in [0.2, 0.25) is 0 Å². The van der Waals surface area contributed by atoms with E-state index in [9.17, 15) is 22.0 Å². The van der Waals surface area contributed by atoms with E-state index in [1.54, 1.807) is 29.2 Å². The number of sulfone groups is 1. The number of fused-ring (bicyclic) bond motifs is 1. The highest BCUT2D eigenvalue weighted by molar-refractivity contribution is 7.91. The van der Waals surface area contributed by atoms with Gasteiger partial charge in [-0.2, -0.15) is 0 Å². The molecule has 0 aliphatic carbocycles. The van der Waals surface area contributed by atoms with Gasteiger partial charge in [0.15, 0.2) is 9.84 Å². The molecule has 8 heteroatoms. The number of nitrogens with zero attached hydrogens (tertiary/aromatic N) is 2. The van der Waals surface area contributed by atoms with Crippen LogP contribution < -0.4 is 9.80 Å². The minimum atomic E-state index is -3.18. The number of aryl methyl sites for hydroxylation is 1. The largest absolute Gasteiger partial charge is 0.360 e. The fraction of sp³-hybridized carbons (Fsp3) is 0.381. The van der Waals surface area contributed by atoms with Gasteiger partial charge in [0, 0.05) is 18.3 Å². The van der Waals surface area contributed by atoms with Gasteiger partial charge in [0.2, 0.25) is 5.91 Å². The Morgan fingerprint density at radius 1 is 1.17 bits per heavy atom. The van der Waals surface area contributed by atoms with Gasteiger partial charge in [-0.1, -0.05) is 18.2 Å². The van der Waals surface area contributed by atoms with Crippen LogP contribution in [0.1, 0.15) is 18.4 Å². The van der Waals surface area contributed by atoms with Crippen LogP contribution >= 0.6 is 0 Å². The molecule has 2 aliphatic heterocycles. The number of carbonyl (C=O) groups is 1. The second kappa shape index (κ2) is 7.74. The molecule has 1 unspecified atom stereocenters. The zero-order valence-corrected chi connectivity index (χ0v) is 16.7. The molecule has 2 aliphatic rings. The summed E-state index contributed by atoms with van der Waals surface area (Å²) in [5, 5.41) is 0. The van der Waals surface area contributed by atoms with Crippen molar-refractivity contribution in [1.82, 2.24) is 0 Å². The Morgan fingerprint density at radius 2 is 1.93 bits per heavy atom. The molecule has 1 amide bonds. The highest BCUT2D eigenvalue weighted by atomic mass is 32.2. The van der Waals surface area contributed by atoms with Gasteiger partial charge in [-0.05, 0) is 43.0 Å². The van der Waals surface area contributed by atoms with Gasteiger partial charge in [-0.15, -0.1) is 0 Å². The van der Waals surface area contributed by atoms with Crippen LogP contribution in [0.25, 0.3) is 0 Å². The molecule has 29 heavy (non-hydrogen) atoms. The van der Waals surface area contributed by atoms with Crippen molar-refractivity contribution in [2.45, 2.75) is 25.3 Å². The van der Waals surface area contributed by atoms with Crippen molar-refractivity contribution >= 4 is 27.1 Å². The number of carbonyl (C=O) groups excluding carboxylic acids is 1. The quantitative estimate of drug-likeness (QED) is 0.763. The average Bonchev–Trinajstić information content (AvgIpc) is 3.01. The molecule has 0 radical (unpaired) electrons. The number of benzene rings is 2. The third-order valence-electron chi connectivity index (χ3n) is 5.50. The number of amides is 1. The van der Waals surface area contributed by atoms with E-state index < -0.39 is 27.5 Å². The van der Waals surface area contributed by atoms with Crippen molar-refractivity contribution in [1.29, 1.82) is 0 Å². The minimum Gasteiger partial charge on any atom is -0.360 e. The lowest BCUT2D eigenvalue weighted by Crippen LogP contribution is -2.47. The van der Waals surface area contributed by atoms with Crippen molar-refractivity contribution in [3.63, 3.8) is 0 Å². The third kappa shape index (κ3) is 4.12. The van der Waals surface area contributed by atoms with E-state index in [0.29, 0.717) is 37.1 Å². The summed E-state index contributed by atoms with van der Waals surface area (Å²) in [5.74, 6) is -1.63. The van der Waals surface area contributed by atoms with Crippen LogP contribution in [0.3, 0.4) is 0 Å². The molecule has 0 N–H and O–H groups in total. The number of anilines is 2. The number of para-hydroxylation sites is 1. The van der Waals surface area contributed by atoms with Crippen molar-refractivity contribution in [3.8, 4) is 0 Å². The Morgan fingerprint density at radius 3 is 2.62 bits per heavy atom. The predicted octanol–water partition coefficient (Wildman–Crippen LogP) is 2.94. The molecule has 0 bridgehead atoms.